The van der Waals surface area contributed by atoms with Gasteiger partial charge in [-0.15, -0.1) is 0 Å². The Hall–Kier alpha value is -7.28. The Morgan fingerprint density at radius 1 is 0.213 bits per heavy atom. The molecule has 12 rings (SSSR count). The van der Waals surface area contributed by atoms with Gasteiger partial charge in [0.05, 0.1) is 10.7 Å². The van der Waals surface area contributed by atoms with Crippen LogP contribution in [0.3, 0.4) is 0 Å². The number of halogens is 22. The van der Waals surface area contributed by atoms with Crippen molar-refractivity contribution in [1.82, 2.24) is 0 Å². The first-order valence-corrected chi connectivity index (χ1v) is 49.6. The van der Waals surface area contributed by atoms with Crippen molar-refractivity contribution in [3.63, 3.8) is 0 Å². The molecule has 0 spiro atoms. The monoisotopic (exact) mass is 3010 g/mol. The van der Waals surface area contributed by atoms with E-state index in [-0.39, 0.29) is 34.5 Å². The highest BCUT2D eigenvalue weighted by Gasteiger charge is 2.39. The second-order valence-corrected chi connectivity index (χ2v) is 40.7. The molecule has 12 aromatic rings. The van der Waals surface area contributed by atoms with Crippen LogP contribution in [-0.2, 0) is 28.8 Å². The zero-order valence-electron chi connectivity index (χ0n) is 72.6. The fraction of sp³-hybridized carbons (Fsp3) is 0.188. The Labute approximate surface area is 910 Å². The van der Waals surface area contributed by atoms with Gasteiger partial charge in [-0.25, -0.2) is 28.8 Å². The van der Waals surface area contributed by atoms with Crippen molar-refractivity contribution >= 4 is 262 Å². The summed E-state index contributed by atoms with van der Waals surface area (Å²) in [6.45, 7) is 14.8. The highest BCUT2D eigenvalue weighted by molar-refractivity contribution is 14.1. The smallest absolute Gasteiger partial charge is 0.382 e. The van der Waals surface area contributed by atoms with E-state index >= 15 is 0 Å². The van der Waals surface area contributed by atoms with Crippen LogP contribution in [0.5, 0.6) is 103 Å². The molecule has 0 amide bonds. The summed E-state index contributed by atoms with van der Waals surface area (Å²) in [5.41, 5.74) is 6.30. The maximum atomic E-state index is 12.9. The molecule has 40 heteroatoms. The summed E-state index contributed by atoms with van der Waals surface area (Å²) < 4.78 is 226. The van der Waals surface area contributed by atoms with Crippen LogP contribution in [-0.4, -0.2) is 71.4 Å². The lowest BCUT2D eigenvalue weighted by molar-refractivity contribution is -0.159. The molecule has 0 aromatic heterocycles. The largest absolute Gasteiger partial charge is 0.457 e. The molecule has 0 unspecified atom stereocenters. The minimum absolute atomic E-state index is 0.0384. The predicted octanol–water partition coefficient (Wildman–Crippen LogP) is 32.1. The van der Waals surface area contributed by atoms with E-state index in [1.165, 1.54) is 88.5 Å². The van der Waals surface area contributed by atoms with Crippen LogP contribution in [0.4, 0.5) is 52.7 Å². The zero-order chi connectivity index (χ0) is 101. The van der Waals surface area contributed by atoms with E-state index in [2.05, 4.69) is 254 Å². The fourth-order valence-electron chi connectivity index (χ4n) is 9.96. The molecule has 0 saturated carbocycles. The van der Waals surface area contributed by atoms with E-state index < -0.39 is 71.4 Å². The van der Waals surface area contributed by atoms with Crippen LogP contribution in [0.25, 0.3) is 0 Å². The van der Waals surface area contributed by atoms with Gasteiger partial charge in [-0.05, 0) is 526 Å². The molecule has 0 N–H and O–H groups in total. The van der Waals surface area contributed by atoms with Crippen molar-refractivity contribution in [2.75, 3.05) is 0 Å². The molecular formula is C96H74F12I10O18. The summed E-state index contributed by atoms with van der Waals surface area (Å²) in [5.74, 6) is -23.1. The first-order chi connectivity index (χ1) is 63.2. The summed E-state index contributed by atoms with van der Waals surface area (Å²) in [4.78, 5) is 66.7. The number of hydrogen-bond donors (Lipinski definition) is 0. The number of esters is 6. The number of hydrogen-bond acceptors (Lipinski definition) is 18. The maximum absolute atomic E-state index is 12.9. The lowest BCUT2D eigenvalue weighted by atomic mass is 10.1. The molecule has 720 valence electrons. The standard InChI is InChI=1S/C17H13F2I3O3.2C16H12F2I2O3.2C16H13F2IO3.C15H11F2IO3/c1-8-12(20)13(21)9(2)15(14(8)22)24-10-4-6-11(7-5-10)25-16(23)17(3,18)19;1-9-7-10(19)8-13(14(9)20)22-11-3-5-12(6-4-11)23-15(21)16(2,17)18;1-9-7-10(19)8-13(20)14(9)22-11-3-5-12(6-4-11)23-15(21)16(2,17)18;1-10-9-11(19)3-8-14(10)21-12-4-6-13(7-5-12)22-15(20)16(2,17)18;1-10-7-11(19)9-14(8-10)21-12-3-5-13(6-4-12)22-15(20)16(2,17)18;1-15(16,17)14(19)21-13-8-6-12(7-9-13)20-11-4-2-10(18)3-5-11/h4-7H,1-3H3;2*3-8H,1-2H3;2*3-9H,1-2H3;2-9H,1H3. The van der Waals surface area contributed by atoms with Crippen LogP contribution in [0, 0.1) is 77.2 Å². The molecule has 0 aliphatic rings. The molecule has 0 fully saturated rings. The molecule has 0 aliphatic carbocycles. The number of rotatable bonds is 24. The van der Waals surface area contributed by atoms with E-state index in [4.69, 9.17) is 28.4 Å². The maximum Gasteiger partial charge on any atom is 0.382 e. The normalized spacial score (nSPS) is 11.2. The van der Waals surface area contributed by atoms with Gasteiger partial charge in [-0.2, -0.15) is 52.7 Å². The van der Waals surface area contributed by atoms with Crippen molar-refractivity contribution in [3.05, 3.63) is 300 Å². The Bertz CT molecular complexity index is 6110. The van der Waals surface area contributed by atoms with Gasteiger partial charge in [0.2, 0.25) is 0 Å². The second-order valence-electron chi connectivity index (χ2n) is 29.0. The molecule has 136 heavy (non-hydrogen) atoms. The summed E-state index contributed by atoms with van der Waals surface area (Å²) >= 11 is 22.2. The first-order valence-electron chi connectivity index (χ1n) is 38.8. The van der Waals surface area contributed by atoms with Gasteiger partial charge in [0.15, 0.2) is 0 Å². The highest BCUT2D eigenvalue weighted by Crippen LogP contribution is 2.42. The van der Waals surface area contributed by atoms with Crippen molar-refractivity contribution < 1.29 is 138 Å². The third kappa shape index (κ3) is 38.6. The average molecular weight is 3010 g/mol. The van der Waals surface area contributed by atoms with Crippen molar-refractivity contribution in [2.24, 2.45) is 0 Å². The summed E-state index contributed by atoms with van der Waals surface area (Å²) in [6.07, 6.45) is 0. The van der Waals surface area contributed by atoms with Gasteiger partial charge in [0, 0.05) is 72.1 Å². The van der Waals surface area contributed by atoms with Gasteiger partial charge in [0.25, 0.3) is 0 Å². The number of alkyl halides is 12. The predicted molar refractivity (Wildman–Crippen MR) is 571 cm³/mol. The minimum atomic E-state index is -3.53. The van der Waals surface area contributed by atoms with Crippen LogP contribution >= 0.6 is 226 Å². The summed E-state index contributed by atoms with van der Waals surface area (Å²) in [6, 6.07) is 62.4. The quantitative estimate of drug-likeness (QED) is 0.0181. The van der Waals surface area contributed by atoms with E-state index in [0.29, 0.717) is 99.0 Å². The van der Waals surface area contributed by atoms with Crippen LogP contribution in [0.15, 0.2) is 231 Å². The third-order valence-corrected chi connectivity index (χ3v) is 27.3. The molecule has 0 aliphatic heterocycles. The SMILES string of the molecule is CC(F)(F)C(=O)Oc1ccc(Oc2ccc(I)cc2)cc1.Cc1c(I)c(I)c(C)c(Oc2ccc(OC(=O)C(C)(F)F)cc2)c1I.Cc1cc(I)cc(I)c1Oc1ccc(OC(=O)C(C)(F)F)cc1.Cc1cc(I)cc(Oc2ccc(OC(=O)C(C)(F)F)cc2)c1.Cc1cc(I)cc(Oc2ccc(OC(=O)C(C)(F)F)cc2)c1I.Cc1cc(I)ccc1Oc1ccc(OC(=O)C(C)(F)F)cc1. The van der Waals surface area contributed by atoms with E-state index in [1.54, 1.807) is 60.7 Å². The number of ether oxygens (including phenoxy) is 12. The number of aryl methyl sites for hydroxylation is 4. The Morgan fingerprint density at radius 3 is 0.794 bits per heavy atom. The molecule has 0 heterocycles. The van der Waals surface area contributed by atoms with Crippen LogP contribution in [0.1, 0.15) is 74.9 Å². The van der Waals surface area contributed by atoms with Crippen molar-refractivity contribution in [3.8, 4) is 103 Å². The number of carbonyl (C=O) groups is 6. The first kappa shape index (κ1) is 116. The van der Waals surface area contributed by atoms with E-state index in [1.807, 2.05) is 126 Å². The van der Waals surface area contributed by atoms with Gasteiger partial charge in [0.1, 0.15) is 103 Å². The molecule has 18 nitrogen and oxygen atoms in total. The Morgan fingerprint density at radius 2 is 0.471 bits per heavy atom. The van der Waals surface area contributed by atoms with Gasteiger partial charge in [-0.1, -0.05) is 0 Å². The molecule has 0 bridgehead atoms. The van der Waals surface area contributed by atoms with Crippen LogP contribution in [0.2, 0.25) is 0 Å². The van der Waals surface area contributed by atoms with Crippen molar-refractivity contribution in [2.45, 2.75) is 119 Å². The Kier molecular flexibility index (Phi) is 44.2. The van der Waals surface area contributed by atoms with Crippen molar-refractivity contribution in [1.29, 1.82) is 0 Å². The van der Waals surface area contributed by atoms with Gasteiger partial charge in [-0.3, -0.25) is 0 Å². The Balaban J connectivity index is 0.000000223. The molecule has 0 saturated heterocycles. The number of benzene rings is 12. The zero-order valence-corrected chi connectivity index (χ0v) is 94.2. The molecule has 0 radical (unpaired) electrons. The van der Waals surface area contributed by atoms with Gasteiger partial charge >= 0.3 is 71.4 Å². The lowest BCUT2D eigenvalue weighted by Crippen LogP contribution is -2.29. The lowest BCUT2D eigenvalue weighted by Gasteiger charge is -2.16. The highest BCUT2D eigenvalue weighted by atomic mass is 127. The average Bonchev–Trinajstić information content (AvgIpc) is 0.788. The second kappa shape index (κ2) is 51.9. The minimum Gasteiger partial charge on any atom is -0.457 e. The van der Waals surface area contributed by atoms with E-state index in [9.17, 15) is 81.5 Å². The van der Waals surface area contributed by atoms with Crippen LogP contribution < -0.4 is 56.8 Å². The van der Waals surface area contributed by atoms with E-state index in [0.717, 1.165) is 77.0 Å². The molecular weight excluding hydrogens is 2940 g/mol. The summed E-state index contributed by atoms with van der Waals surface area (Å²) in [5, 5.41) is 0. The third-order valence-electron chi connectivity index (χ3n) is 16.8. The molecule has 12 aromatic carbocycles. The fourth-order valence-corrected chi connectivity index (χ4v) is 17.8. The van der Waals surface area contributed by atoms with Gasteiger partial charge < -0.3 is 56.8 Å². The number of carbonyl (C=O) groups excluding carboxylic acids is 6. The topological polar surface area (TPSA) is 213 Å². The molecule has 0 atom stereocenters. The summed E-state index contributed by atoms with van der Waals surface area (Å²) in [7, 11) is 0.